The average molecular weight is 598 g/mol. The Kier molecular flexibility index (Phi) is 19.9. The first-order chi connectivity index (χ1) is 20.3. The molecule has 0 saturated carbocycles. The molecule has 1 saturated heterocycles. The van der Waals surface area contributed by atoms with Gasteiger partial charge >= 0.3 is 5.97 Å². The minimum atomic E-state index is -0.988. The van der Waals surface area contributed by atoms with Gasteiger partial charge < -0.3 is 24.8 Å². The van der Waals surface area contributed by atoms with Crippen molar-refractivity contribution in [2.45, 2.75) is 204 Å². The van der Waals surface area contributed by atoms with Gasteiger partial charge in [-0.25, -0.2) is 9.18 Å². The van der Waals surface area contributed by atoms with Crippen LogP contribution in [0, 0.1) is 0 Å². The van der Waals surface area contributed by atoms with Gasteiger partial charge in [0.2, 0.25) is 0 Å². The SMILES string of the molecule is CCCCCCCCCCCC[C@@H](O)[C@H](O)CC[C@H](O)[C@@H]1CC[C@@H](CCCCCCCC([18F])CC2=C[C@H](C)OC2=O)O1. The van der Waals surface area contributed by atoms with Crippen molar-refractivity contribution in [1.29, 1.82) is 0 Å². The van der Waals surface area contributed by atoms with Gasteiger partial charge in [-0.2, -0.15) is 0 Å². The van der Waals surface area contributed by atoms with Gasteiger partial charge in [-0.05, 0) is 57.9 Å². The molecule has 7 heteroatoms. The van der Waals surface area contributed by atoms with Crippen molar-refractivity contribution in [3.8, 4) is 0 Å². The van der Waals surface area contributed by atoms with Gasteiger partial charge in [0, 0.05) is 12.0 Å². The highest BCUT2D eigenvalue weighted by Gasteiger charge is 2.31. The van der Waals surface area contributed by atoms with Gasteiger partial charge in [0.15, 0.2) is 0 Å². The van der Waals surface area contributed by atoms with E-state index in [2.05, 4.69) is 6.92 Å². The number of hydrogen-bond acceptors (Lipinski definition) is 6. The summed E-state index contributed by atoms with van der Waals surface area (Å²) in [5.41, 5.74) is 0.475. The molecule has 42 heavy (non-hydrogen) atoms. The van der Waals surface area contributed by atoms with Crippen LogP contribution in [0.15, 0.2) is 11.6 Å². The van der Waals surface area contributed by atoms with Gasteiger partial charge in [-0.15, -0.1) is 0 Å². The summed E-state index contributed by atoms with van der Waals surface area (Å²) in [6, 6.07) is 0. The number of cyclic esters (lactones) is 1. The number of aliphatic hydroxyl groups excluding tert-OH is 3. The Bertz CT molecular complexity index is 730. The summed E-state index contributed by atoms with van der Waals surface area (Å²) in [6.45, 7) is 4.03. The fraction of sp³-hybridized carbons (Fsp3) is 0.914. The first kappa shape index (κ1) is 37.2. The van der Waals surface area contributed by atoms with E-state index in [9.17, 15) is 24.5 Å². The van der Waals surface area contributed by atoms with Gasteiger partial charge in [-0.3, -0.25) is 0 Å². The predicted molar refractivity (Wildman–Crippen MR) is 167 cm³/mol. The molecule has 1 unspecified atom stereocenters. The number of hydrogen-bond donors (Lipinski definition) is 3. The number of ether oxygens (including phenoxy) is 2. The van der Waals surface area contributed by atoms with Crippen LogP contribution in [0.1, 0.15) is 162 Å². The summed E-state index contributed by atoms with van der Waals surface area (Å²) in [7, 11) is 0. The highest BCUT2D eigenvalue weighted by Crippen LogP contribution is 2.28. The number of halogens is 1. The highest BCUT2D eigenvalue weighted by atomic mass is 18.2. The minimum absolute atomic E-state index is 0.161. The molecule has 3 N–H and O–H groups in total. The van der Waals surface area contributed by atoms with Crippen LogP contribution in [0.5, 0.6) is 0 Å². The normalized spacial score (nSPS) is 23.5. The van der Waals surface area contributed by atoms with Crippen molar-refractivity contribution in [1.82, 2.24) is 0 Å². The number of carbonyl (C=O) groups excluding carboxylic acids is 1. The van der Waals surface area contributed by atoms with Crippen LogP contribution in [0.4, 0.5) is 4.39 Å². The minimum Gasteiger partial charge on any atom is -0.455 e. The maximum Gasteiger partial charge on any atom is 0.334 e. The van der Waals surface area contributed by atoms with Gasteiger partial charge in [0.05, 0.1) is 30.5 Å². The van der Waals surface area contributed by atoms with Crippen LogP contribution in [-0.2, 0) is 14.3 Å². The van der Waals surface area contributed by atoms with E-state index in [4.69, 9.17) is 9.47 Å². The molecule has 2 heterocycles. The molecule has 0 radical (unpaired) electrons. The van der Waals surface area contributed by atoms with E-state index in [1.165, 1.54) is 51.4 Å². The first-order valence-electron chi connectivity index (χ1n) is 17.6. The Hall–Kier alpha value is -1.02. The van der Waals surface area contributed by atoms with E-state index in [1.807, 2.05) is 0 Å². The second-order valence-corrected chi connectivity index (χ2v) is 13.1. The lowest BCUT2D eigenvalue weighted by Gasteiger charge is -2.22. The molecule has 7 atom stereocenters. The fourth-order valence-electron chi connectivity index (χ4n) is 6.37. The molecule has 6 nitrogen and oxygen atoms in total. The Morgan fingerprint density at radius 3 is 1.98 bits per heavy atom. The first-order valence-corrected chi connectivity index (χ1v) is 17.6. The van der Waals surface area contributed by atoms with Crippen LogP contribution in [0.2, 0.25) is 0 Å². The molecule has 0 aliphatic carbocycles. The fourth-order valence-corrected chi connectivity index (χ4v) is 6.37. The Morgan fingerprint density at radius 2 is 1.36 bits per heavy atom. The zero-order valence-corrected chi connectivity index (χ0v) is 26.8. The molecule has 2 rings (SSSR count). The molecule has 0 aromatic heterocycles. The van der Waals surface area contributed by atoms with E-state index in [-0.39, 0.29) is 30.7 Å². The van der Waals surface area contributed by atoms with Crippen LogP contribution >= 0.6 is 0 Å². The van der Waals surface area contributed by atoms with Crippen molar-refractivity contribution in [3.63, 3.8) is 0 Å². The molecular formula is C35H63FO6. The molecule has 246 valence electrons. The molecule has 2 aliphatic heterocycles. The van der Waals surface area contributed by atoms with E-state index in [0.717, 1.165) is 64.2 Å². The second-order valence-electron chi connectivity index (χ2n) is 13.1. The summed E-state index contributed by atoms with van der Waals surface area (Å²) in [5, 5.41) is 31.3. The van der Waals surface area contributed by atoms with Crippen molar-refractivity contribution in [2.24, 2.45) is 0 Å². The number of carbonyl (C=O) groups is 1. The quantitative estimate of drug-likeness (QED) is 0.0690. The van der Waals surface area contributed by atoms with Crippen molar-refractivity contribution in [2.75, 3.05) is 0 Å². The van der Waals surface area contributed by atoms with Crippen LogP contribution in [0.25, 0.3) is 0 Å². The van der Waals surface area contributed by atoms with Gasteiger partial charge in [-0.1, -0.05) is 103 Å². The zero-order valence-electron chi connectivity index (χ0n) is 26.8. The van der Waals surface area contributed by atoms with Crippen LogP contribution < -0.4 is 0 Å². The third-order valence-corrected chi connectivity index (χ3v) is 9.10. The number of alkyl halides is 1. The number of esters is 1. The van der Waals surface area contributed by atoms with E-state index in [1.54, 1.807) is 13.0 Å². The third kappa shape index (κ3) is 16.2. The van der Waals surface area contributed by atoms with Crippen molar-refractivity contribution < 1.29 is 34.0 Å². The number of unbranched alkanes of at least 4 members (excludes halogenated alkanes) is 13. The molecule has 0 aromatic rings. The zero-order chi connectivity index (χ0) is 30.6. The van der Waals surface area contributed by atoms with E-state index in [0.29, 0.717) is 31.3 Å². The molecule has 2 aliphatic rings. The summed E-state index contributed by atoms with van der Waals surface area (Å²) in [5.74, 6) is -0.375. The van der Waals surface area contributed by atoms with Crippen LogP contribution in [-0.4, -0.2) is 64.1 Å². The lowest BCUT2D eigenvalue weighted by atomic mass is 9.97. The average Bonchev–Trinajstić information content (AvgIpc) is 3.57. The van der Waals surface area contributed by atoms with Gasteiger partial charge in [0.25, 0.3) is 0 Å². The molecule has 0 bridgehead atoms. The van der Waals surface area contributed by atoms with E-state index >= 15 is 0 Å². The monoisotopic (exact) mass is 597 g/mol. The Balaban J connectivity index is 1.42. The van der Waals surface area contributed by atoms with E-state index < -0.39 is 24.5 Å². The lowest BCUT2D eigenvalue weighted by Crippen LogP contribution is -2.31. The molecule has 0 spiro atoms. The standard InChI is InChI=1S/C35H63FO6/c1-3-4-5-6-7-8-9-10-14-17-20-31(37)32(38)22-23-33(39)34-24-21-30(42-34)19-16-13-11-12-15-18-29(36)26-28-25-27(2)41-35(28)40/h25,27,29-34,37-39H,3-24,26H2,1-2H3/t27-,29?,30+,31+,32+,33-,34-/m0/s1/i36-1. The molecule has 1 fully saturated rings. The van der Waals surface area contributed by atoms with Crippen LogP contribution in [0.3, 0.4) is 0 Å². The number of aliphatic hydroxyl groups is 3. The largest absolute Gasteiger partial charge is 0.455 e. The van der Waals surface area contributed by atoms with Crippen molar-refractivity contribution in [3.05, 3.63) is 11.6 Å². The maximum atomic E-state index is 14.2. The Morgan fingerprint density at radius 1 is 0.786 bits per heavy atom. The van der Waals surface area contributed by atoms with Gasteiger partial charge in [0.1, 0.15) is 12.3 Å². The molecule has 0 aromatic carbocycles. The highest BCUT2D eigenvalue weighted by molar-refractivity contribution is 5.90. The second kappa shape index (κ2) is 22.5. The smallest absolute Gasteiger partial charge is 0.334 e. The summed E-state index contributed by atoms with van der Waals surface area (Å²) >= 11 is 0. The summed E-state index contributed by atoms with van der Waals surface area (Å²) < 4.78 is 25.3. The number of rotatable bonds is 26. The Labute approximate surface area is 255 Å². The summed E-state index contributed by atoms with van der Waals surface area (Å²) in [6.07, 6.45) is 20.8. The molecule has 0 amide bonds. The maximum absolute atomic E-state index is 14.2. The lowest BCUT2D eigenvalue weighted by molar-refractivity contribution is -0.139. The summed E-state index contributed by atoms with van der Waals surface area (Å²) in [4.78, 5) is 11.6. The molecular weight excluding hydrogens is 534 g/mol. The third-order valence-electron chi connectivity index (χ3n) is 9.10. The predicted octanol–water partition coefficient (Wildman–Crippen LogP) is 8.04. The van der Waals surface area contributed by atoms with Crippen molar-refractivity contribution >= 4 is 5.97 Å². The topological polar surface area (TPSA) is 96.2 Å².